The Bertz CT molecular complexity index is 319. The van der Waals surface area contributed by atoms with Crippen LogP contribution in [0.3, 0.4) is 0 Å². The average molecular weight is 268 g/mol. The summed E-state index contributed by atoms with van der Waals surface area (Å²) in [5.74, 6) is 1.44. The number of carbonyl (C=O) groups excluding carboxylic acids is 1. The van der Waals surface area contributed by atoms with Crippen LogP contribution in [0, 0.1) is 11.8 Å². The second-order valence-electron chi connectivity index (χ2n) is 6.03. The first-order chi connectivity index (χ1) is 9.24. The maximum absolute atomic E-state index is 12.3. The molecule has 0 bridgehead atoms. The van der Waals surface area contributed by atoms with Gasteiger partial charge in [-0.2, -0.15) is 0 Å². The van der Waals surface area contributed by atoms with Crippen molar-refractivity contribution in [2.45, 2.75) is 32.0 Å². The predicted molar refractivity (Wildman–Crippen MR) is 70.8 cm³/mol. The van der Waals surface area contributed by atoms with Crippen LogP contribution in [0.15, 0.2) is 0 Å². The maximum atomic E-state index is 12.3. The zero-order valence-corrected chi connectivity index (χ0v) is 11.6. The van der Waals surface area contributed by atoms with Crippen molar-refractivity contribution in [3.05, 3.63) is 0 Å². The second kappa shape index (κ2) is 5.77. The van der Waals surface area contributed by atoms with Crippen LogP contribution in [0.2, 0.25) is 0 Å². The Labute approximate surface area is 114 Å². The summed E-state index contributed by atoms with van der Waals surface area (Å²) in [5.41, 5.74) is 0. The molecule has 0 aromatic heterocycles. The minimum absolute atomic E-state index is 0.146. The molecule has 3 fully saturated rings. The average Bonchev–Trinajstić information content (AvgIpc) is 3.10. The van der Waals surface area contributed by atoms with E-state index >= 15 is 0 Å². The van der Waals surface area contributed by atoms with Crippen molar-refractivity contribution in [2.24, 2.45) is 11.8 Å². The Morgan fingerprint density at radius 3 is 2.79 bits per heavy atom. The minimum Gasteiger partial charge on any atom is -0.376 e. The molecule has 3 aliphatic heterocycles. The van der Waals surface area contributed by atoms with Gasteiger partial charge in [-0.15, -0.1) is 0 Å². The van der Waals surface area contributed by atoms with Crippen molar-refractivity contribution in [3.8, 4) is 0 Å². The molecule has 5 heteroatoms. The molecule has 0 aromatic rings. The van der Waals surface area contributed by atoms with Gasteiger partial charge in [-0.3, -0.25) is 4.79 Å². The molecular weight excluding hydrogens is 244 g/mol. The van der Waals surface area contributed by atoms with Crippen LogP contribution in [0.4, 0.5) is 0 Å². The van der Waals surface area contributed by atoms with E-state index in [-0.39, 0.29) is 18.1 Å². The van der Waals surface area contributed by atoms with Gasteiger partial charge in [-0.1, -0.05) is 0 Å². The highest BCUT2D eigenvalue weighted by Crippen LogP contribution is 2.27. The molecule has 108 valence electrons. The molecule has 0 aliphatic carbocycles. The molecule has 3 aliphatic rings. The normalized spacial score (nSPS) is 35.6. The lowest BCUT2D eigenvalue weighted by Crippen LogP contribution is -2.40. The van der Waals surface area contributed by atoms with Gasteiger partial charge < -0.3 is 19.7 Å². The number of amides is 1. The number of hydrogen-bond donors (Lipinski definition) is 1. The third kappa shape index (κ3) is 2.93. The summed E-state index contributed by atoms with van der Waals surface area (Å²) in [5, 5.41) is 3.39. The lowest BCUT2D eigenvalue weighted by Gasteiger charge is -2.23. The van der Waals surface area contributed by atoms with E-state index in [2.05, 4.69) is 5.32 Å². The Morgan fingerprint density at radius 2 is 2.16 bits per heavy atom. The number of carbonyl (C=O) groups is 1. The Morgan fingerprint density at radius 1 is 1.42 bits per heavy atom. The van der Waals surface area contributed by atoms with Gasteiger partial charge >= 0.3 is 0 Å². The first-order valence-electron chi connectivity index (χ1n) is 7.46. The lowest BCUT2D eigenvalue weighted by molar-refractivity contribution is -0.143. The van der Waals surface area contributed by atoms with Crippen LogP contribution in [0.5, 0.6) is 0 Å². The summed E-state index contributed by atoms with van der Waals surface area (Å²) < 4.78 is 11.2. The number of nitrogens with zero attached hydrogens (tertiary/aromatic N) is 1. The molecule has 1 amide bonds. The van der Waals surface area contributed by atoms with Crippen LogP contribution in [0.1, 0.15) is 19.8 Å². The SMILES string of the molecule is CC(OCC1CCCO1)C(=O)N1C[C@H]2CNC[C@H]2C1. The highest BCUT2D eigenvalue weighted by molar-refractivity contribution is 5.80. The van der Waals surface area contributed by atoms with E-state index in [4.69, 9.17) is 9.47 Å². The van der Waals surface area contributed by atoms with E-state index in [0.717, 1.165) is 45.6 Å². The quantitative estimate of drug-likeness (QED) is 0.794. The largest absolute Gasteiger partial charge is 0.376 e. The lowest BCUT2D eigenvalue weighted by atomic mass is 10.0. The molecule has 5 nitrogen and oxygen atoms in total. The number of hydrogen-bond acceptors (Lipinski definition) is 4. The zero-order chi connectivity index (χ0) is 13.2. The summed E-state index contributed by atoms with van der Waals surface area (Å²) in [6.07, 6.45) is 2.02. The van der Waals surface area contributed by atoms with Gasteiger partial charge in [0.2, 0.25) is 0 Å². The van der Waals surface area contributed by atoms with Gasteiger partial charge in [-0.25, -0.2) is 0 Å². The van der Waals surface area contributed by atoms with Gasteiger partial charge in [0.25, 0.3) is 5.91 Å². The van der Waals surface area contributed by atoms with E-state index < -0.39 is 0 Å². The fraction of sp³-hybridized carbons (Fsp3) is 0.929. The summed E-state index contributed by atoms with van der Waals surface area (Å²) >= 11 is 0. The highest BCUT2D eigenvalue weighted by atomic mass is 16.5. The van der Waals surface area contributed by atoms with Crippen LogP contribution in [-0.2, 0) is 14.3 Å². The maximum Gasteiger partial charge on any atom is 0.251 e. The number of fused-ring (bicyclic) bond motifs is 1. The summed E-state index contributed by atoms with van der Waals surface area (Å²) in [4.78, 5) is 14.3. The van der Waals surface area contributed by atoms with Crippen molar-refractivity contribution in [1.82, 2.24) is 10.2 Å². The van der Waals surface area contributed by atoms with Crippen LogP contribution in [-0.4, -0.2) is 62.4 Å². The summed E-state index contributed by atoms with van der Waals surface area (Å²) in [6.45, 7) is 7.14. The molecule has 0 spiro atoms. The smallest absolute Gasteiger partial charge is 0.251 e. The molecule has 0 saturated carbocycles. The third-order valence-corrected chi connectivity index (χ3v) is 4.61. The molecule has 1 N–H and O–H groups in total. The number of rotatable bonds is 4. The third-order valence-electron chi connectivity index (χ3n) is 4.61. The fourth-order valence-corrected chi connectivity index (χ4v) is 3.39. The van der Waals surface area contributed by atoms with E-state index in [1.807, 2.05) is 11.8 Å². The molecular formula is C14H24N2O3. The van der Waals surface area contributed by atoms with Gasteiger partial charge in [0.15, 0.2) is 0 Å². The fourth-order valence-electron chi connectivity index (χ4n) is 3.39. The van der Waals surface area contributed by atoms with Gasteiger partial charge in [0.1, 0.15) is 6.10 Å². The van der Waals surface area contributed by atoms with Crippen molar-refractivity contribution in [3.63, 3.8) is 0 Å². The summed E-state index contributed by atoms with van der Waals surface area (Å²) in [7, 11) is 0. The molecule has 0 aromatic carbocycles. The predicted octanol–water partition coefficient (Wildman–Crippen LogP) is 0.248. The van der Waals surface area contributed by atoms with Crippen molar-refractivity contribution in [1.29, 1.82) is 0 Å². The van der Waals surface area contributed by atoms with E-state index in [1.54, 1.807) is 0 Å². The second-order valence-corrected chi connectivity index (χ2v) is 6.03. The molecule has 2 unspecified atom stereocenters. The molecule has 3 heterocycles. The number of likely N-dealkylation sites (tertiary alicyclic amines) is 1. The molecule has 3 rings (SSSR count). The first-order valence-corrected chi connectivity index (χ1v) is 7.46. The molecule has 19 heavy (non-hydrogen) atoms. The highest BCUT2D eigenvalue weighted by Gasteiger charge is 2.39. The minimum atomic E-state index is -0.337. The van der Waals surface area contributed by atoms with E-state index in [1.165, 1.54) is 0 Å². The van der Waals surface area contributed by atoms with Crippen molar-refractivity contribution < 1.29 is 14.3 Å². The van der Waals surface area contributed by atoms with Gasteiger partial charge in [-0.05, 0) is 31.6 Å². The zero-order valence-electron chi connectivity index (χ0n) is 11.6. The van der Waals surface area contributed by atoms with Crippen LogP contribution >= 0.6 is 0 Å². The van der Waals surface area contributed by atoms with Crippen LogP contribution in [0.25, 0.3) is 0 Å². The molecule has 0 radical (unpaired) electrons. The Hall–Kier alpha value is -0.650. The molecule has 4 atom stereocenters. The van der Waals surface area contributed by atoms with E-state index in [0.29, 0.717) is 18.4 Å². The van der Waals surface area contributed by atoms with Gasteiger partial charge in [0.05, 0.1) is 12.7 Å². The number of ether oxygens (including phenoxy) is 2. The standard InChI is InChI=1S/C14H24N2O3/c1-10(19-9-13-3-2-4-18-13)14(17)16-7-11-5-15-6-12(11)8-16/h10-13,15H,2-9H2,1H3/t10?,11-,12+,13?. The van der Waals surface area contributed by atoms with Crippen molar-refractivity contribution >= 4 is 5.91 Å². The Kier molecular flexibility index (Phi) is 4.05. The molecule has 3 saturated heterocycles. The van der Waals surface area contributed by atoms with Gasteiger partial charge in [0, 0.05) is 32.8 Å². The van der Waals surface area contributed by atoms with Crippen molar-refractivity contribution in [2.75, 3.05) is 39.4 Å². The first kappa shape index (κ1) is 13.3. The monoisotopic (exact) mass is 268 g/mol. The topological polar surface area (TPSA) is 50.8 Å². The van der Waals surface area contributed by atoms with E-state index in [9.17, 15) is 4.79 Å². The Balaban J connectivity index is 1.44. The summed E-state index contributed by atoms with van der Waals surface area (Å²) in [6, 6.07) is 0. The van der Waals surface area contributed by atoms with Crippen LogP contribution < -0.4 is 5.32 Å². The number of nitrogens with one attached hydrogen (secondary N) is 1.